The molecule has 3 rings (SSSR count). The van der Waals surface area contributed by atoms with Crippen molar-refractivity contribution in [3.63, 3.8) is 0 Å². The Balaban J connectivity index is 1.66. The van der Waals surface area contributed by atoms with Gasteiger partial charge in [0, 0.05) is 25.8 Å². The predicted molar refractivity (Wildman–Crippen MR) is 117 cm³/mol. The van der Waals surface area contributed by atoms with E-state index in [0.29, 0.717) is 30.6 Å². The van der Waals surface area contributed by atoms with Crippen molar-refractivity contribution in [2.24, 2.45) is 5.10 Å². The van der Waals surface area contributed by atoms with Gasteiger partial charge in [-0.05, 0) is 31.2 Å². The van der Waals surface area contributed by atoms with Gasteiger partial charge in [0.15, 0.2) is 5.17 Å². The molecule has 0 spiro atoms. The minimum absolute atomic E-state index is 0.212. The number of thioether (sulfide) groups is 1. The zero-order valence-electron chi connectivity index (χ0n) is 17.3. The van der Waals surface area contributed by atoms with Crippen LogP contribution in [0.15, 0.2) is 53.6 Å². The fourth-order valence-corrected chi connectivity index (χ4v) is 4.06. The number of hydrogen-bond donors (Lipinski definition) is 1. The highest BCUT2D eigenvalue weighted by molar-refractivity contribution is 8.14. The number of hydrogen-bond acceptors (Lipinski definition) is 6. The first-order valence-corrected chi connectivity index (χ1v) is 10.6. The molecule has 1 heterocycles. The van der Waals surface area contributed by atoms with E-state index in [1.54, 1.807) is 0 Å². The normalized spacial score (nSPS) is 15.5. The Bertz CT molecular complexity index is 933. The molecule has 1 aliphatic rings. The van der Waals surface area contributed by atoms with E-state index < -0.39 is 5.37 Å². The Morgan fingerprint density at radius 1 is 1.10 bits per heavy atom. The summed E-state index contributed by atoms with van der Waals surface area (Å²) in [4.78, 5) is 23.5. The third-order valence-corrected chi connectivity index (χ3v) is 5.32. The van der Waals surface area contributed by atoms with Crippen LogP contribution in [0.4, 0.5) is 0 Å². The molecule has 7 nitrogen and oxygen atoms in total. The molecule has 1 aliphatic heterocycles. The molecule has 0 saturated carbocycles. The van der Waals surface area contributed by atoms with E-state index in [1.165, 1.54) is 30.6 Å². The van der Waals surface area contributed by atoms with Gasteiger partial charge in [-0.25, -0.2) is 5.01 Å². The number of nitrogens with zero attached hydrogens (tertiary/aromatic N) is 2. The second kappa shape index (κ2) is 10.2. The molecule has 0 radical (unpaired) electrons. The van der Waals surface area contributed by atoms with Crippen LogP contribution in [-0.4, -0.2) is 35.2 Å². The summed E-state index contributed by atoms with van der Waals surface area (Å²) in [5.41, 5.74) is 1.88. The summed E-state index contributed by atoms with van der Waals surface area (Å²) in [6, 6.07) is 15.5. The third-order valence-electron chi connectivity index (χ3n) is 4.24. The predicted octanol–water partition coefficient (Wildman–Crippen LogP) is 3.84. The van der Waals surface area contributed by atoms with Crippen molar-refractivity contribution in [2.75, 3.05) is 13.2 Å². The third kappa shape index (κ3) is 5.76. The Labute approximate surface area is 180 Å². The average molecular weight is 428 g/mol. The van der Waals surface area contributed by atoms with Crippen LogP contribution in [0, 0.1) is 6.92 Å². The lowest BCUT2D eigenvalue weighted by Gasteiger charge is -2.22. The van der Waals surface area contributed by atoms with E-state index in [-0.39, 0.29) is 11.8 Å². The molecule has 2 aromatic carbocycles. The van der Waals surface area contributed by atoms with Crippen LogP contribution in [0.2, 0.25) is 0 Å². The van der Waals surface area contributed by atoms with Gasteiger partial charge in [-0.15, -0.1) is 5.10 Å². The fourth-order valence-electron chi connectivity index (χ4n) is 2.91. The number of carbonyl (C=O) groups excluding carboxylic acids is 2. The number of carbonyl (C=O) groups is 2. The summed E-state index contributed by atoms with van der Waals surface area (Å²) >= 11 is 1.31. The summed E-state index contributed by atoms with van der Waals surface area (Å²) in [7, 11) is 0. The molecule has 2 amide bonds. The van der Waals surface area contributed by atoms with Crippen LogP contribution in [0.5, 0.6) is 11.5 Å². The first kappa shape index (κ1) is 21.7. The first-order chi connectivity index (χ1) is 14.4. The van der Waals surface area contributed by atoms with Crippen molar-refractivity contribution in [3.05, 3.63) is 59.7 Å². The first-order valence-electron chi connectivity index (χ1n) is 9.68. The largest absolute Gasteiger partial charge is 0.493 e. The Morgan fingerprint density at radius 3 is 2.53 bits per heavy atom. The van der Waals surface area contributed by atoms with Crippen LogP contribution < -0.4 is 14.8 Å². The highest BCUT2D eigenvalue weighted by Gasteiger charge is 2.34. The zero-order valence-corrected chi connectivity index (χ0v) is 18.1. The second-order valence-electron chi connectivity index (χ2n) is 6.82. The summed E-state index contributed by atoms with van der Waals surface area (Å²) < 4.78 is 11.7. The minimum atomic E-state index is -0.403. The van der Waals surface area contributed by atoms with E-state index in [9.17, 15) is 9.59 Å². The lowest BCUT2D eigenvalue weighted by Crippen LogP contribution is -2.25. The van der Waals surface area contributed by atoms with Crippen molar-refractivity contribution in [1.29, 1.82) is 0 Å². The lowest BCUT2D eigenvalue weighted by atomic mass is 10.1. The number of nitrogens with one attached hydrogen (secondary N) is 1. The zero-order chi connectivity index (χ0) is 21.5. The van der Waals surface area contributed by atoms with Gasteiger partial charge in [-0.2, -0.15) is 0 Å². The summed E-state index contributed by atoms with van der Waals surface area (Å²) in [6.07, 6.45) is 0.712. The molecule has 0 unspecified atom stereocenters. The lowest BCUT2D eigenvalue weighted by molar-refractivity contribution is -0.129. The number of amidine groups is 1. The van der Waals surface area contributed by atoms with Crippen LogP contribution >= 0.6 is 11.8 Å². The number of amides is 2. The van der Waals surface area contributed by atoms with E-state index >= 15 is 0 Å². The molecular formula is C22H25N3O4S. The van der Waals surface area contributed by atoms with Gasteiger partial charge < -0.3 is 14.8 Å². The molecule has 2 aromatic rings. The van der Waals surface area contributed by atoms with Crippen molar-refractivity contribution in [2.45, 2.75) is 32.6 Å². The Kier molecular flexibility index (Phi) is 7.35. The summed E-state index contributed by atoms with van der Waals surface area (Å²) in [6.45, 7) is 5.85. The number of hydrazone groups is 1. The van der Waals surface area contributed by atoms with Crippen LogP contribution in [0.25, 0.3) is 0 Å². The van der Waals surface area contributed by atoms with Crippen molar-refractivity contribution >= 4 is 28.7 Å². The number of para-hydroxylation sites is 1. The molecule has 0 bridgehead atoms. The van der Waals surface area contributed by atoms with Crippen molar-refractivity contribution < 1.29 is 19.1 Å². The topological polar surface area (TPSA) is 80.2 Å². The van der Waals surface area contributed by atoms with E-state index in [1.807, 2.05) is 55.5 Å². The van der Waals surface area contributed by atoms with Crippen LogP contribution in [0.3, 0.4) is 0 Å². The maximum Gasteiger partial charge on any atom is 0.241 e. The molecule has 158 valence electrons. The van der Waals surface area contributed by atoms with Gasteiger partial charge in [-0.1, -0.05) is 41.6 Å². The molecule has 0 aromatic heterocycles. The summed E-state index contributed by atoms with van der Waals surface area (Å²) in [5, 5.41) is 8.28. The van der Waals surface area contributed by atoms with Crippen LogP contribution in [0.1, 0.15) is 36.8 Å². The SMILES string of the molecule is CC(=O)NC1=NN(C(C)=O)[C@@H](c2cc(C)ccc2OCCCOc2ccccc2)S1. The Morgan fingerprint density at radius 2 is 1.83 bits per heavy atom. The smallest absolute Gasteiger partial charge is 0.241 e. The highest BCUT2D eigenvalue weighted by atomic mass is 32.2. The molecule has 0 saturated heterocycles. The number of rotatable bonds is 7. The van der Waals surface area contributed by atoms with Gasteiger partial charge in [0.05, 0.1) is 13.2 Å². The molecule has 30 heavy (non-hydrogen) atoms. The quantitative estimate of drug-likeness (QED) is 0.679. The number of aryl methyl sites for hydroxylation is 1. The number of benzene rings is 2. The van der Waals surface area contributed by atoms with Gasteiger partial charge in [-0.3, -0.25) is 9.59 Å². The standard InChI is InChI=1S/C22H25N3O4S/c1-15-10-11-20(29-13-7-12-28-18-8-5-4-6-9-18)19(14-15)21-25(17(3)27)24-22(30-21)23-16(2)26/h4-6,8-11,14,21H,7,12-13H2,1-3H3,(H,23,24,26)/t21-/m1/s1. The molecule has 1 N–H and O–H groups in total. The van der Waals surface area contributed by atoms with Gasteiger partial charge in [0.1, 0.15) is 16.9 Å². The van der Waals surface area contributed by atoms with Gasteiger partial charge >= 0.3 is 0 Å². The van der Waals surface area contributed by atoms with E-state index in [4.69, 9.17) is 9.47 Å². The van der Waals surface area contributed by atoms with Gasteiger partial charge in [0.25, 0.3) is 0 Å². The monoisotopic (exact) mass is 427 g/mol. The van der Waals surface area contributed by atoms with E-state index in [0.717, 1.165) is 16.9 Å². The number of ether oxygens (including phenoxy) is 2. The van der Waals surface area contributed by atoms with Crippen molar-refractivity contribution in [1.82, 2.24) is 10.3 Å². The molecule has 1 atom stereocenters. The fraction of sp³-hybridized carbons (Fsp3) is 0.318. The molecule has 8 heteroatoms. The maximum absolute atomic E-state index is 12.1. The van der Waals surface area contributed by atoms with Crippen LogP contribution in [-0.2, 0) is 9.59 Å². The molecule has 0 fully saturated rings. The second-order valence-corrected chi connectivity index (χ2v) is 7.89. The molecule has 0 aliphatic carbocycles. The minimum Gasteiger partial charge on any atom is -0.493 e. The summed E-state index contributed by atoms with van der Waals surface area (Å²) in [5.74, 6) is 1.07. The van der Waals surface area contributed by atoms with E-state index in [2.05, 4.69) is 10.4 Å². The van der Waals surface area contributed by atoms with Gasteiger partial charge in [0.2, 0.25) is 11.8 Å². The Hall–Kier alpha value is -3.00. The highest BCUT2D eigenvalue weighted by Crippen LogP contribution is 2.42. The van der Waals surface area contributed by atoms with Crippen molar-refractivity contribution in [3.8, 4) is 11.5 Å². The molecular weight excluding hydrogens is 402 g/mol. The average Bonchev–Trinajstić information content (AvgIpc) is 3.12. The maximum atomic E-state index is 12.1.